The number of pyridine rings is 3. The lowest BCUT2D eigenvalue weighted by Crippen LogP contribution is -1.86. The van der Waals surface area contributed by atoms with E-state index in [9.17, 15) is 0 Å². The first-order valence-electron chi connectivity index (χ1n) is 8.95. The number of aromatic amines is 3. The predicted molar refractivity (Wildman–Crippen MR) is 108 cm³/mol. The molecule has 3 N–H and O–H groups in total. The fourth-order valence-electron chi connectivity index (χ4n) is 3.40. The van der Waals surface area contributed by atoms with Crippen molar-refractivity contribution in [1.82, 2.24) is 45.3 Å². The third kappa shape index (κ3) is 2.48. The Morgan fingerprint density at radius 2 is 1.90 bits per heavy atom. The zero-order valence-electron chi connectivity index (χ0n) is 15.0. The molecule has 0 fully saturated rings. The molecule has 6 rings (SSSR count). The van der Waals surface area contributed by atoms with Crippen LogP contribution in [0.25, 0.3) is 56.0 Å². The Hall–Kier alpha value is -4.40. The van der Waals surface area contributed by atoms with E-state index in [-0.39, 0.29) is 0 Å². The van der Waals surface area contributed by atoms with Gasteiger partial charge in [0.25, 0.3) is 0 Å². The van der Waals surface area contributed by atoms with Crippen molar-refractivity contribution in [2.45, 2.75) is 0 Å². The molecule has 0 aliphatic rings. The molecule has 29 heavy (non-hydrogen) atoms. The first kappa shape index (κ1) is 15.6. The van der Waals surface area contributed by atoms with Gasteiger partial charge in [-0.15, -0.1) is 0 Å². The summed E-state index contributed by atoms with van der Waals surface area (Å²) < 4.78 is 0. The van der Waals surface area contributed by atoms with Gasteiger partial charge in [0.05, 0.1) is 41.0 Å². The quantitative estimate of drug-likeness (QED) is 0.433. The maximum Gasteiger partial charge on any atom is 0.159 e. The van der Waals surface area contributed by atoms with Crippen LogP contribution in [0.1, 0.15) is 0 Å². The van der Waals surface area contributed by atoms with E-state index in [1.807, 2.05) is 24.3 Å². The fourth-order valence-corrected chi connectivity index (χ4v) is 3.40. The van der Waals surface area contributed by atoms with Gasteiger partial charge in [0, 0.05) is 35.1 Å². The summed E-state index contributed by atoms with van der Waals surface area (Å²) in [5.41, 5.74) is 6.57. The molecule has 0 bridgehead atoms. The second-order valence-corrected chi connectivity index (χ2v) is 6.56. The van der Waals surface area contributed by atoms with E-state index in [1.54, 1.807) is 37.2 Å². The van der Waals surface area contributed by atoms with Crippen LogP contribution in [0, 0.1) is 0 Å². The third-order valence-corrected chi connectivity index (χ3v) is 4.80. The minimum atomic E-state index is 0.653. The van der Waals surface area contributed by atoms with Crippen molar-refractivity contribution in [2.75, 3.05) is 0 Å². The fraction of sp³-hybridized carbons (Fsp3) is 0. The molecule has 0 radical (unpaired) electrons. The van der Waals surface area contributed by atoms with Gasteiger partial charge in [-0.05, 0) is 18.2 Å². The molecule has 0 aromatic carbocycles. The first-order chi connectivity index (χ1) is 14.4. The number of hydrogen-bond acceptors (Lipinski definition) is 6. The molecule has 0 aliphatic carbocycles. The topological polar surface area (TPSA) is 125 Å². The van der Waals surface area contributed by atoms with Crippen LogP contribution >= 0.6 is 0 Å². The Morgan fingerprint density at radius 3 is 2.76 bits per heavy atom. The van der Waals surface area contributed by atoms with Crippen LogP contribution in [0.15, 0.2) is 61.4 Å². The molecule has 0 atom stereocenters. The standard InChI is InChI=1S/C20H13N9/c1-2-4-22-14(3-1)13-8-21-9-17-18(13)27-20(26-17)19-12-5-15(11-6-24-25-7-11)23-10-16(12)28-29-19/h1-10H,(H,24,25)(H,26,27)(H,28,29). The molecule has 0 saturated heterocycles. The second kappa shape index (κ2) is 6.06. The highest BCUT2D eigenvalue weighted by atomic mass is 15.1. The predicted octanol–water partition coefficient (Wildman–Crippen LogP) is 3.35. The van der Waals surface area contributed by atoms with Crippen LogP contribution in [0.3, 0.4) is 0 Å². The Balaban J connectivity index is 1.54. The molecule has 138 valence electrons. The molecule has 0 saturated carbocycles. The largest absolute Gasteiger partial charge is 0.335 e. The highest BCUT2D eigenvalue weighted by molar-refractivity contribution is 5.96. The molecule has 9 heteroatoms. The van der Waals surface area contributed by atoms with Crippen molar-refractivity contribution < 1.29 is 0 Å². The van der Waals surface area contributed by atoms with Gasteiger partial charge in [0.15, 0.2) is 5.82 Å². The average molecular weight is 379 g/mol. The summed E-state index contributed by atoms with van der Waals surface area (Å²) in [6, 6.07) is 7.75. The highest BCUT2D eigenvalue weighted by Crippen LogP contribution is 2.31. The van der Waals surface area contributed by atoms with Crippen molar-refractivity contribution in [3.63, 3.8) is 0 Å². The molecule has 0 amide bonds. The normalized spacial score (nSPS) is 11.4. The number of H-pyrrole nitrogens is 3. The lowest BCUT2D eigenvalue weighted by Gasteiger charge is -1.99. The lowest BCUT2D eigenvalue weighted by atomic mass is 10.1. The smallest absolute Gasteiger partial charge is 0.159 e. The number of nitrogens with one attached hydrogen (secondary N) is 3. The minimum Gasteiger partial charge on any atom is -0.335 e. The van der Waals surface area contributed by atoms with Gasteiger partial charge in [-0.2, -0.15) is 10.2 Å². The van der Waals surface area contributed by atoms with E-state index in [2.05, 4.69) is 40.3 Å². The molecule has 9 nitrogen and oxygen atoms in total. The van der Waals surface area contributed by atoms with Crippen molar-refractivity contribution in [2.24, 2.45) is 0 Å². The van der Waals surface area contributed by atoms with E-state index < -0.39 is 0 Å². The number of hydrogen-bond donors (Lipinski definition) is 3. The third-order valence-electron chi connectivity index (χ3n) is 4.80. The van der Waals surface area contributed by atoms with Crippen molar-refractivity contribution in [1.29, 1.82) is 0 Å². The van der Waals surface area contributed by atoms with Gasteiger partial charge in [-0.3, -0.25) is 25.1 Å². The van der Waals surface area contributed by atoms with Crippen LogP contribution in [0.2, 0.25) is 0 Å². The summed E-state index contributed by atoms with van der Waals surface area (Å²) in [7, 11) is 0. The maximum atomic E-state index is 4.82. The molecule has 0 aliphatic heterocycles. The van der Waals surface area contributed by atoms with Gasteiger partial charge in [0.1, 0.15) is 11.2 Å². The zero-order valence-corrected chi connectivity index (χ0v) is 15.0. The Labute approximate surface area is 163 Å². The van der Waals surface area contributed by atoms with Crippen molar-refractivity contribution in [3.8, 4) is 34.0 Å². The summed E-state index contributed by atoms with van der Waals surface area (Å²) in [4.78, 5) is 21.4. The van der Waals surface area contributed by atoms with Crippen LogP contribution in [-0.2, 0) is 0 Å². The average Bonchev–Trinajstić information content (AvgIpc) is 3.52. The molecule has 6 aromatic rings. The first-order valence-corrected chi connectivity index (χ1v) is 8.95. The van der Waals surface area contributed by atoms with Crippen LogP contribution in [0.4, 0.5) is 0 Å². The van der Waals surface area contributed by atoms with Gasteiger partial charge in [0.2, 0.25) is 0 Å². The number of nitrogens with zero attached hydrogens (tertiary/aromatic N) is 6. The zero-order chi connectivity index (χ0) is 19.2. The van der Waals surface area contributed by atoms with Crippen LogP contribution in [0.5, 0.6) is 0 Å². The molecular formula is C20H13N9. The number of aromatic nitrogens is 9. The van der Waals surface area contributed by atoms with Crippen LogP contribution < -0.4 is 0 Å². The molecule has 6 heterocycles. The summed E-state index contributed by atoms with van der Waals surface area (Å²) in [6.45, 7) is 0. The summed E-state index contributed by atoms with van der Waals surface area (Å²) in [5, 5.41) is 15.2. The van der Waals surface area contributed by atoms with Gasteiger partial charge in [-0.1, -0.05) is 6.07 Å². The minimum absolute atomic E-state index is 0.653. The Kier molecular flexibility index (Phi) is 3.27. The molecule has 0 unspecified atom stereocenters. The van der Waals surface area contributed by atoms with Gasteiger partial charge in [-0.25, -0.2) is 4.98 Å². The van der Waals surface area contributed by atoms with E-state index in [4.69, 9.17) is 4.98 Å². The maximum absolute atomic E-state index is 4.82. The van der Waals surface area contributed by atoms with E-state index in [0.29, 0.717) is 5.82 Å². The summed E-state index contributed by atoms with van der Waals surface area (Å²) in [6.07, 6.45) is 10.6. The summed E-state index contributed by atoms with van der Waals surface area (Å²) >= 11 is 0. The monoisotopic (exact) mass is 379 g/mol. The van der Waals surface area contributed by atoms with E-state index >= 15 is 0 Å². The molecular weight excluding hydrogens is 366 g/mol. The SMILES string of the molecule is c1ccc(-c2cncc3[nH]c(-c4n[nH]c5cnc(-c6cn[nH]c6)cc45)nc23)nc1. The highest BCUT2D eigenvalue weighted by Gasteiger charge is 2.16. The Morgan fingerprint density at radius 1 is 0.897 bits per heavy atom. The van der Waals surface area contributed by atoms with Crippen molar-refractivity contribution in [3.05, 3.63) is 61.4 Å². The van der Waals surface area contributed by atoms with Gasteiger partial charge >= 0.3 is 0 Å². The van der Waals surface area contributed by atoms with E-state index in [0.717, 1.165) is 50.1 Å². The number of fused-ring (bicyclic) bond motifs is 2. The molecule has 0 spiro atoms. The second-order valence-electron chi connectivity index (χ2n) is 6.56. The van der Waals surface area contributed by atoms with Crippen molar-refractivity contribution >= 4 is 21.9 Å². The lowest BCUT2D eigenvalue weighted by molar-refractivity contribution is 1.09. The van der Waals surface area contributed by atoms with Gasteiger partial charge < -0.3 is 4.98 Å². The van der Waals surface area contributed by atoms with Crippen LogP contribution in [-0.4, -0.2) is 45.3 Å². The summed E-state index contributed by atoms with van der Waals surface area (Å²) in [5.74, 6) is 0.653. The number of imidazole rings is 1. The molecule has 6 aromatic heterocycles. The van der Waals surface area contributed by atoms with E-state index in [1.165, 1.54) is 0 Å². The number of rotatable bonds is 3. The Bertz CT molecular complexity index is 1450.